The minimum Gasteiger partial charge on any atom is -0.356 e. The molecule has 3 aliphatic heterocycles. The Morgan fingerprint density at radius 1 is 0.903 bits per heavy atom. The first-order chi connectivity index (χ1) is 15.2. The van der Waals surface area contributed by atoms with Crippen molar-refractivity contribution in [2.24, 2.45) is 5.92 Å². The normalized spacial score (nSPS) is 21.6. The summed E-state index contributed by atoms with van der Waals surface area (Å²) in [4.78, 5) is 22.2. The maximum atomic E-state index is 12.6. The van der Waals surface area contributed by atoms with Gasteiger partial charge in [0.2, 0.25) is 5.91 Å². The number of likely N-dealkylation sites (N-methyl/N-ethyl adjacent to an activating group) is 1. The first-order valence-corrected chi connectivity index (χ1v) is 12.3. The molecule has 0 aromatic carbocycles. The summed E-state index contributed by atoms with van der Waals surface area (Å²) in [7, 11) is 0. The number of piperidine rings is 1. The van der Waals surface area contributed by atoms with Crippen molar-refractivity contribution in [3.05, 3.63) is 12.1 Å². The minimum atomic E-state index is 0.126. The SMILES string of the molecule is CCN1CCN(CCCNC(=O)C2CCN(c3ccc(N4CCCC4)nn3)CC2)CC1. The number of amides is 1. The van der Waals surface area contributed by atoms with Crippen molar-refractivity contribution >= 4 is 17.5 Å². The second kappa shape index (κ2) is 11.1. The van der Waals surface area contributed by atoms with Gasteiger partial charge >= 0.3 is 0 Å². The van der Waals surface area contributed by atoms with Gasteiger partial charge in [-0.1, -0.05) is 6.92 Å². The van der Waals surface area contributed by atoms with Gasteiger partial charge in [0.05, 0.1) is 0 Å². The van der Waals surface area contributed by atoms with Crippen molar-refractivity contribution in [2.75, 3.05) is 81.8 Å². The van der Waals surface area contributed by atoms with Gasteiger partial charge in [-0.05, 0) is 57.3 Å². The second-order valence-corrected chi connectivity index (χ2v) is 9.13. The van der Waals surface area contributed by atoms with E-state index in [4.69, 9.17) is 0 Å². The predicted molar refractivity (Wildman–Crippen MR) is 125 cm³/mol. The zero-order valence-corrected chi connectivity index (χ0v) is 19.1. The van der Waals surface area contributed by atoms with Crippen LogP contribution >= 0.6 is 0 Å². The van der Waals surface area contributed by atoms with Crippen molar-refractivity contribution in [3.63, 3.8) is 0 Å². The number of carbonyl (C=O) groups excluding carboxylic acids is 1. The Kier molecular flexibility index (Phi) is 7.97. The summed E-state index contributed by atoms with van der Waals surface area (Å²) < 4.78 is 0. The molecule has 3 fully saturated rings. The van der Waals surface area contributed by atoms with E-state index < -0.39 is 0 Å². The maximum absolute atomic E-state index is 12.6. The van der Waals surface area contributed by atoms with Gasteiger partial charge in [0.1, 0.15) is 0 Å². The summed E-state index contributed by atoms with van der Waals surface area (Å²) in [6.45, 7) is 13.8. The molecule has 4 rings (SSSR count). The van der Waals surface area contributed by atoms with E-state index in [1.54, 1.807) is 0 Å². The van der Waals surface area contributed by atoms with E-state index in [1.807, 2.05) is 0 Å². The molecule has 3 saturated heterocycles. The van der Waals surface area contributed by atoms with Crippen LogP contribution in [-0.2, 0) is 4.79 Å². The molecule has 3 aliphatic rings. The first-order valence-electron chi connectivity index (χ1n) is 12.3. The number of piperazine rings is 1. The van der Waals surface area contributed by atoms with E-state index >= 15 is 0 Å². The average molecular weight is 430 g/mol. The molecule has 0 saturated carbocycles. The van der Waals surface area contributed by atoms with E-state index in [9.17, 15) is 4.79 Å². The summed E-state index contributed by atoms with van der Waals surface area (Å²) in [5.41, 5.74) is 0. The molecule has 1 amide bonds. The Morgan fingerprint density at radius 3 is 2.06 bits per heavy atom. The highest BCUT2D eigenvalue weighted by Gasteiger charge is 2.26. The van der Waals surface area contributed by atoms with Crippen LogP contribution < -0.4 is 15.1 Å². The molecule has 0 spiro atoms. The van der Waals surface area contributed by atoms with E-state index in [0.29, 0.717) is 0 Å². The molecule has 0 radical (unpaired) electrons. The quantitative estimate of drug-likeness (QED) is 0.627. The van der Waals surface area contributed by atoms with Crippen molar-refractivity contribution in [2.45, 2.75) is 39.0 Å². The van der Waals surface area contributed by atoms with Crippen LogP contribution in [0.2, 0.25) is 0 Å². The zero-order chi connectivity index (χ0) is 21.5. The smallest absolute Gasteiger partial charge is 0.223 e. The summed E-state index contributed by atoms with van der Waals surface area (Å²) in [5, 5.41) is 12.1. The lowest BCUT2D eigenvalue weighted by molar-refractivity contribution is -0.125. The van der Waals surface area contributed by atoms with E-state index in [2.05, 4.69) is 54.2 Å². The molecule has 1 aromatic heterocycles. The Hall–Kier alpha value is -1.93. The monoisotopic (exact) mass is 429 g/mol. The molecule has 1 aromatic rings. The molecular weight excluding hydrogens is 390 g/mol. The fourth-order valence-corrected chi connectivity index (χ4v) is 4.96. The third kappa shape index (κ3) is 6.07. The highest BCUT2D eigenvalue weighted by Crippen LogP contribution is 2.23. The lowest BCUT2D eigenvalue weighted by Crippen LogP contribution is -2.47. The number of carbonyl (C=O) groups is 1. The fraction of sp³-hybridized carbons (Fsp3) is 0.783. The average Bonchev–Trinajstić information content (AvgIpc) is 3.37. The molecule has 4 heterocycles. The number of aromatic nitrogens is 2. The number of hydrogen-bond acceptors (Lipinski definition) is 7. The minimum absolute atomic E-state index is 0.126. The largest absolute Gasteiger partial charge is 0.356 e. The molecular formula is C23H39N7O. The highest BCUT2D eigenvalue weighted by molar-refractivity contribution is 5.78. The van der Waals surface area contributed by atoms with Gasteiger partial charge in [-0.25, -0.2) is 0 Å². The highest BCUT2D eigenvalue weighted by atomic mass is 16.1. The van der Waals surface area contributed by atoms with Gasteiger partial charge in [0.15, 0.2) is 11.6 Å². The topological polar surface area (TPSA) is 67.8 Å². The molecule has 31 heavy (non-hydrogen) atoms. The van der Waals surface area contributed by atoms with E-state index in [0.717, 1.165) is 89.8 Å². The van der Waals surface area contributed by atoms with Crippen LogP contribution in [0.3, 0.4) is 0 Å². The standard InChI is InChI=1S/C23H39N7O/c1-2-27-16-18-28(19-17-27)11-5-10-24-23(31)20-8-14-30(15-9-20)22-7-6-21(25-26-22)29-12-3-4-13-29/h6-7,20H,2-5,8-19H2,1H3,(H,24,31). The second-order valence-electron chi connectivity index (χ2n) is 9.13. The summed E-state index contributed by atoms with van der Waals surface area (Å²) in [6.07, 6.45) is 5.31. The Balaban J connectivity index is 1.12. The molecule has 172 valence electrons. The van der Waals surface area contributed by atoms with Crippen LogP contribution in [0.4, 0.5) is 11.6 Å². The zero-order valence-electron chi connectivity index (χ0n) is 19.1. The molecule has 0 aliphatic carbocycles. The first kappa shape index (κ1) is 22.3. The summed E-state index contributed by atoms with van der Waals surface area (Å²) in [6, 6.07) is 4.18. The Morgan fingerprint density at radius 2 is 1.48 bits per heavy atom. The lowest BCUT2D eigenvalue weighted by atomic mass is 9.96. The van der Waals surface area contributed by atoms with Crippen LogP contribution in [-0.4, -0.2) is 97.9 Å². The predicted octanol–water partition coefficient (Wildman–Crippen LogP) is 1.44. The van der Waals surface area contributed by atoms with Crippen LogP contribution in [0.15, 0.2) is 12.1 Å². The third-order valence-electron chi connectivity index (χ3n) is 7.12. The van der Waals surface area contributed by atoms with Crippen molar-refractivity contribution < 1.29 is 4.79 Å². The maximum Gasteiger partial charge on any atom is 0.223 e. The number of nitrogens with one attached hydrogen (secondary N) is 1. The van der Waals surface area contributed by atoms with Gasteiger partial charge in [0, 0.05) is 64.8 Å². The van der Waals surface area contributed by atoms with Gasteiger partial charge < -0.3 is 24.9 Å². The van der Waals surface area contributed by atoms with Crippen LogP contribution in [0, 0.1) is 5.92 Å². The molecule has 0 bridgehead atoms. The van der Waals surface area contributed by atoms with Crippen LogP contribution in [0.1, 0.15) is 39.0 Å². The molecule has 1 N–H and O–H groups in total. The van der Waals surface area contributed by atoms with Crippen molar-refractivity contribution in [3.8, 4) is 0 Å². The van der Waals surface area contributed by atoms with Crippen LogP contribution in [0.5, 0.6) is 0 Å². The van der Waals surface area contributed by atoms with Gasteiger partial charge in [-0.3, -0.25) is 4.79 Å². The summed E-state index contributed by atoms with van der Waals surface area (Å²) in [5.74, 6) is 2.28. The van der Waals surface area contributed by atoms with Crippen molar-refractivity contribution in [1.29, 1.82) is 0 Å². The number of rotatable bonds is 8. The molecule has 0 unspecified atom stereocenters. The Bertz CT molecular complexity index is 676. The fourth-order valence-electron chi connectivity index (χ4n) is 4.96. The molecule has 8 nitrogen and oxygen atoms in total. The third-order valence-corrected chi connectivity index (χ3v) is 7.12. The van der Waals surface area contributed by atoms with Gasteiger partial charge in [-0.2, -0.15) is 0 Å². The lowest BCUT2D eigenvalue weighted by Gasteiger charge is -2.34. The van der Waals surface area contributed by atoms with E-state index in [1.165, 1.54) is 25.9 Å². The Labute approximate surface area is 187 Å². The van der Waals surface area contributed by atoms with E-state index in [-0.39, 0.29) is 11.8 Å². The number of anilines is 2. The van der Waals surface area contributed by atoms with Gasteiger partial charge in [0.25, 0.3) is 0 Å². The molecule has 8 heteroatoms. The number of hydrogen-bond donors (Lipinski definition) is 1. The van der Waals surface area contributed by atoms with Crippen LogP contribution in [0.25, 0.3) is 0 Å². The van der Waals surface area contributed by atoms with Crippen molar-refractivity contribution in [1.82, 2.24) is 25.3 Å². The van der Waals surface area contributed by atoms with Gasteiger partial charge in [-0.15, -0.1) is 10.2 Å². The number of nitrogens with zero attached hydrogens (tertiary/aromatic N) is 6. The summed E-state index contributed by atoms with van der Waals surface area (Å²) >= 11 is 0. The molecule has 0 atom stereocenters.